The number of nitrogens with zero attached hydrogens (tertiary/aromatic N) is 1. The van der Waals surface area contributed by atoms with Crippen molar-refractivity contribution >= 4 is 39.5 Å². The molecule has 3 rings (SSSR count). The quantitative estimate of drug-likeness (QED) is 0.410. The Morgan fingerprint density at radius 2 is 2.17 bits per heavy atom. The van der Waals surface area contributed by atoms with Crippen LogP contribution < -0.4 is 5.73 Å². The van der Waals surface area contributed by atoms with Crippen LogP contribution in [0.3, 0.4) is 0 Å². The zero-order valence-electron chi connectivity index (χ0n) is 13.8. The molecule has 0 fully saturated rings. The number of aliphatic imine (C=N–C) groups is 1. The number of H-pyrrole nitrogens is 1. The highest BCUT2D eigenvalue weighted by Gasteiger charge is 2.07. The lowest BCUT2D eigenvalue weighted by Crippen LogP contribution is -2.10. The first kappa shape index (κ1) is 16.5. The van der Waals surface area contributed by atoms with Crippen LogP contribution in [0.1, 0.15) is 36.6 Å². The Morgan fingerprint density at radius 3 is 2.92 bits per heavy atom. The molecule has 2 heterocycles. The van der Waals surface area contributed by atoms with Crippen molar-refractivity contribution in [2.24, 2.45) is 10.7 Å². The van der Waals surface area contributed by atoms with E-state index in [1.165, 1.54) is 10.9 Å². The van der Waals surface area contributed by atoms with Crippen molar-refractivity contribution in [1.82, 2.24) is 4.98 Å². The van der Waals surface area contributed by atoms with Crippen molar-refractivity contribution in [2.45, 2.75) is 32.6 Å². The maximum Gasteiger partial charge on any atom is 0.141 e. The van der Waals surface area contributed by atoms with Crippen LogP contribution in [0.5, 0.6) is 0 Å². The molecule has 0 aliphatic carbocycles. The van der Waals surface area contributed by atoms with E-state index in [1.807, 2.05) is 35.8 Å². The fraction of sp³-hybridized carbons (Fsp3) is 0.263. The number of benzene rings is 1. The highest BCUT2D eigenvalue weighted by molar-refractivity contribution is 7.12. The van der Waals surface area contributed by atoms with Crippen LogP contribution in [-0.2, 0) is 6.42 Å². The van der Waals surface area contributed by atoms with Gasteiger partial charge in [-0.2, -0.15) is 0 Å². The monoisotopic (exact) mass is 338 g/mol. The molecule has 2 aromatic heterocycles. The number of rotatable bonds is 7. The third kappa shape index (κ3) is 3.74. The Kier molecular flexibility index (Phi) is 5.11. The van der Waals surface area contributed by atoms with Gasteiger partial charge < -0.3 is 16.1 Å². The summed E-state index contributed by atoms with van der Waals surface area (Å²) in [5, 5.41) is 11.1. The smallest absolute Gasteiger partial charge is 0.141 e. The molecule has 0 aliphatic heterocycles. The third-order valence-corrected chi connectivity index (χ3v) is 4.91. The molecule has 0 amide bonds. The number of aromatic nitrogens is 1. The van der Waals surface area contributed by atoms with Crippen LogP contribution >= 0.6 is 11.3 Å². The van der Waals surface area contributed by atoms with Gasteiger partial charge in [0.25, 0.3) is 0 Å². The van der Waals surface area contributed by atoms with Gasteiger partial charge in [0.2, 0.25) is 0 Å². The highest BCUT2D eigenvalue weighted by Crippen LogP contribution is 2.25. The zero-order valence-corrected chi connectivity index (χ0v) is 14.6. The predicted octanol–water partition coefficient (Wildman–Crippen LogP) is 5.02. The number of amidine groups is 1. The van der Waals surface area contributed by atoms with Crippen LogP contribution in [-0.4, -0.2) is 16.5 Å². The lowest BCUT2D eigenvalue weighted by molar-refractivity contribution is 0.926. The van der Waals surface area contributed by atoms with E-state index < -0.39 is 0 Å². The van der Waals surface area contributed by atoms with Gasteiger partial charge in [0.15, 0.2) is 0 Å². The average Bonchev–Trinajstić information content (AvgIpc) is 3.23. The molecule has 0 aliphatic rings. The molecule has 24 heavy (non-hydrogen) atoms. The van der Waals surface area contributed by atoms with Crippen molar-refractivity contribution in [3.05, 3.63) is 52.3 Å². The standard InChI is InChI=1S/C19H22N4S/c1-2-4-14(20)7-6-13-12-22-17-9-8-15(11-16(13)17)23-19(21)18-5-3-10-24-18/h3,5,8-12,20,22H,2,4,6-7H2,1H3,(H2,21,23). The van der Waals surface area contributed by atoms with Crippen LogP contribution in [0.4, 0.5) is 5.69 Å². The van der Waals surface area contributed by atoms with Gasteiger partial charge in [0.1, 0.15) is 5.84 Å². The first-order chi connectivity index (χ1) is 11.7. The SMILES string of the molecule is CCCC(=N)CCc1c[nH]c2ccc(N=C(N)c3cccs3)cc12. The van der Waals surface area contributed by atoms with Crippen LogP contribution in [0, 0.1) is 5.41 Å². The van der Waals surface area contributed by atoms with E-state index >= 15 is 0 Å². The van der Waals surface area contributed by atoms with Crippen molar-refractivity contribution < 1.29 is 0 Å². The van der Waals surface area contributed by atoms with Crippen molar-refractivity contribution in [1.29, 1.82) is 5.41 Å². The molecule has 0 unspecified atom stereocenters. The number of thiophene rings is 1. The fourth-order valence-electron chi connectivity index (χ4n) is 2.77. The lowest BCUT2D eigenvalue weighted by Gasteiger charge is -2.03. The highest BCUT2D eigenvalue weighted by atomic mass is 32.1. The molecule has 0 atom stereocenters. The Hall–Kier alpha value is -2.40. The summed E-state index contributed by atoms with van der Waals surface area (Å²) in [5.41, 5.74) is 10.1. The van der Waals surface area contributed by atoms with Crippen molar-refractivity contribution in [3.63, 3.8) is 0 Å². The Balaban J connectivity index is 1.83. The summed E-state index contributed by atoms with van der Waals surface area (Å²) in [7, 11) is 0. The molecule has 0 bridgehead atoms. The van der Waals surface area contributed by atoms with E-state index in [2.05, 4.69) is 23.0 Å². The minimum atomic E-state index is 0.547. The van der Waals surface area contributed by atoms with E-state index in [1.54, 1.807) is 11.3 Å². The van der Waals surface area contributed by atoms with E-state index in [-0.39, 0.29) is 0 Å². The van der Waals surface area contributed by atoms with Gasteiger partial charge in [0.05, 0.1) is 10.6 Å². The summed E-state index contributed by atoms with van der Waals surface area (Å²) < 4.78 is 0. The second-order valence-electron chi connectivity index (χ2n) is 5.87. The Labute approximate surface area is 145 Å². The molecule has 0 saturated carbocycles. The van der Waals surface area contributed by atoms with Crippen LogP contribution in [0.15, 0.2) is 46.9 Å². The summed E-state index contributed by atoms with van der Waals surface area (Å²) in [6, 6.07) is 10.0. The maximum absolute atomic E-state index is 7.97. The Bertz CT molecular complexity index is 859. The summed E-state index contributed by atoms with van der Waals surface area (Å²) in [6.07, 6.45) is 5.65. The zero-order chi connectivity index (χ0) is 16.9. The number of nitrogens with two attached hydrogens (primary N) is 1. The fourth-order valence-corrected chi connectivity index (χ4v) is 3.40. The van der Waals surface area contributed by atoms with Gasteiger partial charge in [-0.05, 0) is 54.5 Å². The van der Waals surface area contributed by atoms with Gasteiger partial charge in [-0.1, -0.05) is 19.4 Å². The topological polar surface area (TPSA) is 78.0 Å². The van der Waals surface area contributed by atoms with Gasteiger partial charge in [-0.25, -0.2) is 4.99 Å². The molecular formula is C19H22N4S. The molecule has 1 aromatic carbocycles. The van der Waals surface area contributed by atoms with E-state index in [0.29, 0.717) is 5.84 Å². The normalized spacial score (nSPS) is 12.0. The van der Waals surface area contributed by atoms with E-state index in [9.17, 15) is 0 Å². The molecule has 0 radical (unpaired) electrons. The minimum absolute atomic E-state index is 0.547. The molecule has 5 heteroatoms. The lowest BCUT2D eigenvalue weighted by atomic mass is 10.0. The second kappa shape index (κ2) is 7.45. The van der Waals surface area contributed by atoms with E-state index in [0.717, 1.165) is 47.5 Å². The number of hydrogen-bond acceptors (Lipinski definition) is 3. The molecule has 124 valence electrons. The second-order valence-corrected chi connectivity index (χ2v) is 6.82. The van der Waals surface area contributed by atoms with E-state index in [4.69, 9.17) is 11.1 Å². The molecule has 0 spiro atoms. The van der Waals surface area contributed by atoms with Gasteiger partial charge in [-0.15, -0.1) is 11.3 Å². The van der Waals surface area contributed by atoms with Crippen LogP contribution in [0.25, 0.3) is 10.9 Å². The number of nitrogens with one attached hydrogen (secondary N) is 2. The number of hydrogen-bond donors (Lipinski definition) is 3. The summed E-state index contributed by atoms with van der Waals surface area (Å²) in [6.45, 7) is 2.11. The van der Waals surface area contributed by atoms with Crippen molar-refractivity contribution in [3.8, 4) is 0 Å². The summed E-state index contributed by atoms with van der Waals surface area (Å²) >= 11 is 1.59. The number of fused-ring (bicyclic) bond motifs is 1. The molecule has 4 nitrogen and oxygen atoms in total. The third-order valence-electron chi connectivity index (χ3n) is 4.02. The number of aryl methyl sites for hydroxylation is 1. The first-order valence-corrected chi connectivity index (χ1v) is 9.09. The van der Waals surface area contributed by atoms with Gasteiger partial charge in [-0.3, -0.25) is 0 Å². The molecule has 3 aromatic rings. The first-order valence-electron chi connectivity index (χ1n) is 8.21. The van der Waals surface area contributed by atoms with Crippen LogP contribution in [0.2, 0.25) is 0 Å². The average molecular weight is 338 g/mol. The van der Waals surface area contributed by atoms with Gasteiger partial charge >= 0.3 is 0 Å². The minimum Gasteiger partial charge on any atom is -0.383 e. The van der Waals surface area contributed by atoms with Crippen molar-refractivity contribution in [2.75, 3.05) is 0 Å². The Morgan fingerprint density at radius 1 is 1.29 bits per heavy atom. The molecule has 0 saturated heterocycles. The largest absolute Gasteiger partial charge is 0.383 e. The van der Waals surface area contributed by atoms with Gasteiger partial charge in [0, 0.05) is 22.8 Å². The summed E-state index contributed by atoms with van der Waals surface area (Å²) in [4.78, 5) is 8.83. The molecule has 4 N–H and O–H groups in total. The summed E-state index contributed by atoms with van der Waals surface area (Å²) in [5.74, 6) is 0.547. The predicted molar refractivity (Wildman–Crippen MR) is 104 cm³/mol. The number of aromatic amines is 1. The maximum atomic E-state index is 7.97. The molecular weight excluding hydrogens is 316 g/mol.